The minimum Gasteiger partial charge on any atom is -0.298 e. The molecule has 1 aliphatic carbocycles. The summed E-state index contributed by atoms with van der Waals surface area (Å²) in [5.74, 6) is 0.533. The molecule has 1 saturated heterocycles. The van der Waals surface area contributed by atoms with Gasteiger partial charge in [-0.3, -0.25) is 9.69 Å². The SMILES string of the molecule is CCCN1CCC(=O)C12CCCCC2. The van der Waals surface area contributed by atoms with Crippen LogP contribution in [0.15, 0.2) is 0 Å². The second-order valence-electron chi connectivity index (χ2n) is 4.75. The highest BCUT2D eigenvalue weighted by Crippen LogP contribution is 2.39. The molecule has 0 N–H and O–H groups in total. The zero-order valence-electron chi connectivity index (χ0n) is 9.22. The average molecular weight is 195 g/mol. The number of Topliss-reactive ketones (excluding diaryl/α,β-unsaturated/α-hetero) is 1. The van der Waals surface area contributed by atoms with Gasteiger partial charge in [-0.1, -0.05) is 26.2 Å². The van der Waals surface area contributed by atoms with Crippen LogP contribution in [0.4, 0.5) is 0 Å². The number of hydrogen-bond donors (Lipinski definition) is 0. The Balaban J connectivity index is 2.13. The molecule has 2 fully saturated rings. The molecule has 2 nitrogen and oxygen atoms in total. The standard InChI is InChI=1S/C12H21NO/c1-2-9-13-10-6-11(14)12(13)7-4-3-5-8-12/h2-10H2,1H3. The van der Waals surface area contributed by atoms with Gasteiger partial charge in [0.2, 0.25) is 0 Å². The molecule has 0 aromatic heterocycles. The van der Waals surface area contributed by atoms with E-state index >= 15 is 0 Å². The van der Waals surface area contributed by atoms with E-state index in [9.17, 15) is 4.79 Å². The average Bonchev–Trinajstić information content (AvgIpc) is 2.49. The summed E-state index contributed by atoms with van der Waals surface area (Å²) in [5.41, 5.74) is -0.00569. The van der Waals surface area contributed by atoms with Gasteiger partial charge in [-0.05, 0) is 25.8 Å². The van der Waals surface area contributed by atoms with Crippen LogP contribution in [-0.4, -0.2) is 29.3 Å². The minimum absolute atomic E-state index is 0.00569. The normalized spacial score (nSPS) is 27.4. The highest BCUT2D eigenvalue weighted by molar-refractivity contribution is 5.90. The van der Waals surface area contributed by atoms with Crippen molar-refractivity contribution in [3.05, 3.63) is 0 Å². The lowest BCUT2D eigenvalue weighted by Gasteiger charge is -2.40. The van der Waals surface area contributed by atoms with Gasteiger partial charge in [0.05, 0.1) is 5.54 Å². The van der Waals surface area contributed by atoms with E-state index in [2.05, 4.69) is 11.8 Å². The fourth-order valence-electron chi connectivity index (χ4n) is 3.19. The van der Waals surface area contributed by atoms with Gasteiger partial charge in [-0.25, -0.2) is 0 Å². The molecule has 14 heavy (non-hydrogen) atoms. The Labute approximate surface area is 86.7 Å². The lowest BCUT2D eigenvalue weighted by Crippen LogP contribution is -2.50. The predicted octanol–water partition coefficient (Wildman–Crippen LogP) is 2.37. The lowest BCUT2D eigenvalue weighted by molar-refractivity contribution is -0.126. The van der Waals surface area contributed by atoms with Crippen molar-refractivity contribution in [2.75, 3.05) is 13.1 Å². The van der Waals surface area contributed by atoms with E-state index in [-0.39, 0.29) is 5.54 Å². The second kappa shape index (κ2) is 4.01. The van der Waals surface area contributed by atoms with Crippen molar-refractivity contribution in [3.63, 3.8) is 0 Å². The first kappa shape index (κ1) is 10.2. The monoisotopic (exact) mass is 195 g/mol. The largest absolute Gasteiger partial charge is 0.298 e. The minimum atomic E-state index is -0.00569. The maximum Gasteiger partial charge on any atom is 0.154 e. The highest BCUT2D eigenvalue weighted by atomic mass is 16.1. The molecule has 1 heterocycles. The molecule has 0 atom stereocenters. The summed E-state index contributed by atoms with van der Waals surface area (Å²) in [5, 5.41) is 0. The van der Waals surface area contributed by atoms with Gasteiger partial charge in [0.25, 0.3) is 0 Å². The number of ketones is 1. The summed E-state index contributed by atoms with van der Waals surface area (Å²) < 4.78 is 0. The van der Waals surface area contributed by atoms with Crippen molar-refractivity contribution in [2.24, 2.45) is 0 Å². The van der Waals surface area contributed by atoms with Crippen molar-refractivity contribution in [1.82, 2.24) is 4.90 Å². The molecular formula is C12H21NO. The Kier molecular flexibility index (Phi) is 2.91. The fraction of sp³-hybridized carbons (Fsp3) is 0.917. The fourth-order valence-corrected chi connectivity index (χ4v) is 3.19. The Bertz CT molecular complexity index is 218. The van der Waals surface area contributed by atoms with Crippen LogP contribution in [0.5, 0.6) is 0 Å². The van der Waals surface area contributed by atoms with Gasteiger partial charge in [0.15, 0.2) is 5.78 Å². The zero-order valence-corrected chi connectivity index (χ0v) is 9.22. The molecule has 80 valence electrons. The molecule has 1 aliphatic heterocycles. The quantitative estimate of drug-likeness (QED) is 0.674. The summed E-state index contributed by atoms with van der Waals surface area (Å²) in [6.07, 6.45) is 8.08. The smallest absolute Gasteiger partial charge is 0.154 e. The van der Waals surface area contributed by atoms with E-state index in [0.717, 1.165) is 32.4 Å². The van der Waals surface area contributed by atoms with Crippen LogP contribution in [0.25, 0.3) is 0 Å². The first-order valence-electron chi connectivity index (χ1n) is 6.08. The molecule has 2 heteroatoms. The molecule has 0 bridgehead atoms. The maximum absolute atomic E-state index is 12.0. The van der Waals surface area contributed by atoms with E-state index in [1.807, 2.05) is 0 Å². The topological polar surface area (TPSA) is 20.3 Å². The summed E-state index contributed by atoms with van der Waals surface area (Å²) in [6.45, 7) is 4.34. The summed E-state index contributed by atoms with van der Waals surface area (Å²) >= 11 is 0. The zero-order chi connectivity index (χ0) is 10.0. The van der Waals surface area contributed by atoms with E-state index in [4.69, 9.17) is 0 Å². The Morgan fingerprint density at radius 2 is 2.00 bits per heavy atom. The van der Waals surface area contributed by atoms with Gasteiger partial charge < -0.3 is 0 Å². The van der Waals surface area contributed by atoms with E-state index < -0.39 is 0 Å². The first-order chi connectivity index (χ1) is 6.79. The second-order valence-corrected chi connectivity index (χ2v) is 4.75. The first-order valence-corrected chi connectivity index (χ1v) is 6.08. The molecule has 1 saturated carbocycles. The molecule has 0 aromatic rings. The van der Waals surface area contributed by atoms with Gasteiger partial charge in [-0.15, -0.1) is 0 Å². The third kappa shape index (κ3) is 1.50. The van der Waals surface area contributed by atoms with Crippen LogP contribution < -0.4 is 0 Å². The van der Waals surface area contributed by atoms with Gasteiger partial charge in [0.1, 0.15) is 0 Å². The third-order valence-electron chi connectivity index (χ3n) is 3.91. The number of nitrogens with zero attached hydrogens (tertiary/aromatic N) is 1. The van der Waals surface area contributed by atoms with Crippen LogP contribution in [0, 0.1) is 0 Å². The van der Waals surface area contributed by atoms with Gasteiger partial charge >= 0.3 is 0 Å². The molecule has 0 aromatic carbocycles. The Morgan fingerprint density at radius 1 is 1.29 bits per heavy atom. The van der Waals surface area contributed by atoms with E-state index in [1.165, 1.54) is 25.7 Å². The van der Waals surface area contributed by atoms with Crippen molar-refractivity contribution in [2.45, 2.75) is 57.4 Å². The van der Waals surface area contributed by atoms with Gasteiger partial charge in [0, 0.05) is 13.0 Å². The summed E-state index contributed by atoms with van der Waals surface area (Å²) in [7, 11) is 0. The van der Waals surface area contributed by atoms with Crippen LogP contribution in [-0.2, 0) is 4.79 Å². The third-order valence-corrected chi connectivity index (χ3v) is 3.91. The molecule has 0 unspecified atom stereocenters. The molecule has 2 aliphatic rings. The van der Waals surface area contributed by atoms with E-state index in [1.54, 1.807) is 0 Å². The van der Waals surface area contributed by atoms with Crippen molar-refractivity contribution >= 4 is 5.78 Å². The number of hydrogen-bond acceptors (Lipinski definition) is 2. The highest BCUT2D eigenvalue weighted by Gasteiger charge is 2.47. The van der Waals surface area contributed by atoms with E-state index in [0.29, 0.717) is 5.78 Å². The van der Waals surface area contributed by atoms with Crippen LogP contribution in [0.2, 0.25) is 0 Å². The number of carbonyl (C=O) groups is 1. The summed E-state index contributed by atoms with van der Waals surface area (Å²) in [6, 6.07) is 0. The van der Waals surface area contributed by atoms with Gasteiger partial charge in [-0.2, -0.15) is 0 Å². The van der Waals surface area contributed by atoms with Crippen LogP contribution in [0.3, 0.4) is 0 Å². The predicted molar refractivity (Wildman–Crippen MR) is 57.3 cm³/mol. The molecule has 0 radical (unpaired) electrons. The van der Waals surface area contributed by atoms with Crippen molar-refractivity contribution < 1.29 is 4.79 Å². The van der Waals surface area contributed by atoms with Crippen molar-refractivity contribution in [3.8, 4) is 0 Å². The lowest BCUT2D eigenvalue weighted by atomic mass is 9.79. The van der Waals surface area contributed by atoms with Crippen LogP contribution in [0.1, 0.15) is 51.9 Å². The Morgan fingerprint density at radius 3 is 2.64 bits per heavy atom. The maximum atomic E-state index is 12.0. The number of likely N-dealkylation sites (tertiary alicyclic amines) is 1. The summed E-state index contributed by atoms with van der Waals surface area (Å²) in [4.78, 5) is 14.5. The number of rotatable bonds is 2. The Hall–Kier alpha value is -0.370. The molecule has 1 spiro atoms. The van der Waals surface area contributed by atoms with Crippen molar-refractivity contribution in [1.29, 1.82) is 0 Å². The van der Waals surface area contributed by atoms with Crippen LogP contribution >= 0.6 is 0 Å². The molecule has 2 rings (SSSR count). The number of carbonyl (C=O) groups excluding carboxylic acids is 1. The molecular weight excluding hydrogens is 174 g/mol. The molecule has 0 amide bonds.